The Morgan fingerprint density at radius 1 is 1.21 bits per heavy atom. The van der Waals surface area contributed by atoms with Crippen molar-refractivity contribution in [3.05, 3.63) is 46.7 Å². The van der Waals surface area contributed by atoms with Crippen LogP contribution in [0, 0.1) is 6.92 Å². The minimum absolute atomic E-state index is 0.137. The fourth-order valence-corrected chi connectivity index (χ4v) is 2.49. The lowest BCUT2D eigenvalue weighted by atomic mass is 9.90. The lowest BCUT2D eigenvalue weighted by molar-refractivity contribution is 0.102. The van der Waals surface area contributed by atoms with Gasteiger partial charge < -0.3 is 9.84 Å². The van der Waals surface area contributed by atoms with Crippen LogP contribution in [0.2, 0.25) is 0 Å². The number of carbonyl (C=O) groups is 1. The summed E-state index contributed by atoms with van der Waals surface area (Å²) in [5, 5.41) is 6.50. The lowest BCUT2D eigenvalue weighted by Gasteiger charge is -2.16. The van der Waals surface area contributed by atoms with Crippen molar-refractivity contribution < 1.29 is 9.32 Å². The van der Waals surface area contributed by atoms with Gasteiger partial charge in [-0.2, -0.15) is 0 Å². The molecule has 1 aliphatic carbocycles. The molecule has 4 nitrogen and oxygen atoms in total. The van der Waals surface area contributed by atoms with Crippen molar-refractivity contribution in [3.63, 3.8) is 0 Å². The van der Waals surface area contributed by atoms with Crippen LogP contribution < -0.4 is 5.32 Å². The van der Waals surface area contributed by atoms with Crippen molar-refractivity contribution in [2.24, 2.45) is 0 Å². The normalized spacial score (nSPS) is 13.9. The first kappa shape index (κ1) is 12.0. The number of amides is 1. The number of rotatable bonds is 2. The molecule has 1 N–H and O–H groups in total. The molecule has 0 aliphatic heterocycles. The summed E-state index contributed by atoms with van der Waals surface area (Å²) < 4.78 is 4.93. The molecule has 0 spiro atoms. The summed E-state index contributed by atoms with van der Waals surface area (Å²) in [5.41, 5.74) is 3.36. The minimum Gasteiger partial charge on any atom is -0.360 e. The van der Waals surface area contributed by atoms with E-state index < -0.39 is 0 Å². The van der Waals surface area contributed by atoms with Crippen LogP contribution in [0.25, 0.3) is 0 Å². The molecule has 0 radical (unpaired) electrons. The molecule has 98 valence electrons. The van der Waals surface area contributed by atoms with Crippen molar-refractivity contribution in [3.8, 4) is 0 Å². The first-order valence-corrected chi connectivity index (χ1v) is 6.59. The summed E-state index contributed by atoms with van der Waals surface area (Å²) in [5.74, 6) is 1.00. The number of hydrogen-bond acceptors (Lipinski definition) is 3. The van der Waals surface area contributed by atoms with Gasteiger partial charge >= 0.3 is 0 Å². The highest BCUT2D eigenvalue weighted by Gasteiger charge is 2.13. The number of fused-ring (bicyclic) bond motifs is 1. The number of aryl methyl sites for hydroxylation is 3. The number of aromatic nitrogens is 1. The van der Waals surface area contributed by atoms with Crippen molar-refractivity contribution in [2.75, 3.05) is 5.32 Å². The maximum atomic E-state index is 12.1. The van der Waals surface area contributed by atoms with E-state index in [-0.39, 0.29) is 5.91 Å². The van der Waals surface area contributed by atoms with Crippen molar-refractivity contribution in [1.82, 2.24) is 5.16 Å². The Bertz CT molecular complexity index is 616. The van der Waals surface area contributed by atoms with Crippen LogP contribution in [0.4, 0.5) is 5.82 Å². The molecule has 2 aromatic rings. The zero-order chi connectivity index (χ0) is 13.2. The maximum Gasteiger partial charge on any atom is 0.256 e. The number of hydrogen-bond donors (Lipinski definition) is 1. The van der Waals surface area contributed by atoms with E-state index in [0.717, 1.165) is 12.8 Å². The molecule has 0 bridgehead atoms. The van der Waals surface area contributed by atoms with E-state index in [1.54, 1.807) is 13.0 Å². The second-order valence-corrected chi connectivity index (χ2v) is 4.97. The molecule has 0 fully saturated rings. The first-order chi connectivity index (χ1) is 9.22. The van der Waals surface area contributed by atoms with Gasteiger partial charge in [-0.3, -0.25) is 4.79 Å². The van der Waals surface area contributed by atoms with Gasteiger partial charge in [0.2, 0.25) is 0 Å². The lowest BCUT2D eigenvalue weighted by Crippen LogP contribution is -2.13. The summed E-state index contributed by atoms with van der Waals surface area (Å²) in [7, 11) is 0. The molecule has 1 aromatic carbocycles. The zero-order valence-corrected chi connectivity index (χ0v) is 10.9. The Hall–Kier alpha value is -2.10. The molecule has 1 aliphatic rings. The second kappa shape index (κ2) is 4.88. The van der Waals surface area contributed by atoms with Gasteiger partial charge in [0, 0.05) is 11.6 Å². The van der Waals surface area contributed by atoms with Crippen LogP contribution in [0.15, 0.2) is 28.8 Å². The molecule has 0 unspecified atom stereocenters. The summed E-state index contributed by atoms with van der Waals surface area (Å²) in [6.45, 7) is 1.79. The van der Waals surface area contributed by atoms with Crippen molar-refractivity contribution >= 4 is 11.7 Å². The highest BCUT2D eigenvalue weighted by molar-refractivity contribution is 6.03. The van der Waals surface area contributed by atoms with Crippen molar-refractivity contribution in [1.29, 1.82) is 0 Å². The van der Waals surface area contributed by atoms with Crippen LogP contribution in [0.1, 0.15) is 40.1 Å². The van der Waals surface area contributed by atoms with Crippen LogP contribution in [-0.4, -0.2) is 11.1 Å². The third-order valence-corrected chi connectivity index (χ3v) is 3.48. The number of nitrogens with one attached hydrogen (secondary N) is 1. The van der Waals surface area contributed by atoms with E-state index in [1.165, 1.54) is 24.0 Å². The number of benzene rings is 1. The molecular weight excluding hydrogens is 240 g/mol. The SMILES string of the molecule is Cc1cc(NC(=O)c2ccc3c(c2)CCCC3)no1. The number of anilines is 1. The largest absolute Gasteiger partial charge is 0.360 e. The fraction of sp³-hybridized carbons (Fsp3) is 0.333. The second-order valence-electron chi connectivity index (χ2n) is 4.97. The van der Waals surface area contributed by atoms with Crippen LogP contribution >= 0.6 is 0 Å². The predicted octanol–water partition coefficient (Wildman–Crippen LogP) is 3.11. The van der Waals surface area contributed by atoms with E-state index in [9.17, 15) is 4.79 Å². The molecule has 0 saturated carbocycles. The van der Waals surface area contributed by atoms with Crippen LogP contribution in [0.3, 0.4) is 0 Å². The van der Waals surface area contributed by atoms with Gasteiger partial charge in [-0.05, 0) is 55.9 Å². The summed E-state index contributed by atoms with van der Waals surface area (Å²) in [6.07, 6.45) is 4.65. The molecule has 1 heterocycles. The molecule has 0 saturated heterocycles. The third-order valence-electron chi connectivity index (χ3n) is 3.48. The molecule has 4 heteroatoms. The third kappa shape index (κ3) is 2.52. The Morgan fingerprint density at radius 3 is 2.74 bits per heavy atom. The monoisotopic (exact) mass is 256 g/mol. The van der Waals surface area contributed by atoms with Gasteiger partial charge in [-0.15, -0.1) is 0 Å². The summed E-state index contributed by atoms with van der Waals surface area (Å²) in [4.78, 5) is 12.1. The average Bonchev–Trinajstić information content (AvgIpc) is 2.83. The predicted molar refractivity (Wildman–Crippen MR) is 72.3 cm³/mol. The highest BCUT2D eigenvalue weighted by Crippen LogP contribution is 2.22. The smallest absolute Gasteiger partial charge is 0.256 e. The van der Waals surface area contributed by atoms with Crippen molar-refractivity contribution in [2.45, 2.75) is 32.6 Å². The van der Waals surface area contributed by atoms with Crippen LogP contribution in [-0.2, 0) is 12.8 Å². The van der Waals surface area contributed by atoms with Gasteiger partial charge in [0.25, 0.3) is 5.91 Å². The van der Waals surface area contributed by atoms with E-state index in [2.05, 4.69) is 16.5 Å². The van der Waals surface area contributed by atoms with E-state index in [1.807, 2.05) is 12.1 Å². The van der Waals surface area contributed by atoms with Gasteiger partial charge in [0.15, 0.2) is 5.82 Å². The molecule has 1 amide bonds. The van der Waals surface area contributed by atoms with Crippen LogP contribution in [0.5, 0.6) is 0 Å². The summed E-state index contributed by atoms with van der Waals surface area (Å²) >= 11 is 0. The Balaban J connectivity index is 1.80. The molecule has 1 aromatic heterocycles. The first-order valence-electron chi connectivity index (χ1n) is 6.59. The van der Waals surface area contributed by atoms with Gasteiger partial charge in [-0.25, -0.2) is 0 Å². The quantitative estimate of drug-likeness (QED) is 0.898. The molecule has 0 atom stereocenters. The van der Waals surface area contributed by atoms with Gasteiger partial charge in [-0.1, -0.05) is 11.2 Å². The minimum atomic E-state index is -0.137. The zero-order valence-electron chi connectivity index (χ0n) is 10.9. The molecule has 19 heavy (non-hydrogen) atoms. The Morgan fingerprint density at radius 2 is 2.00 bits per heavy atom. The maximum absolute atomic E-state index is 12.1. The Kier molecular flexibility index (Phi) is 3.07. The van der Waals surface area contributed by atoms with E-state index in [4.69, 9.17) is 4.52 Å². The summed E-state index contributed by atoms with van der Waals surface area (Å²) in [6, 6.07) is 7.65. The van der Waals surface area contributed by atoms with E-state index >= 15 is 0 Å². The highest BCUT2D eigenvalue weighted by atomic mass is 16.5. The fourth-order valence-electron chi connectivity index (χ4n) is 2.49. The number of nitrogens with zero attached hydrogens (tertiary/aromatic N) is 1. The topological polar surface area (TPSA) is 55.1 Å². The van der Waals surface area contributed by atoms with Gasteiger partial charge in [0.05, 0.1) is 0 Å². The number of carbonyl (C=O) groups excluding carboxylic acids is 1. The Labute approximate surface area is 111 Å². The average molecular weight is 256 g/mol. The van der Waals surface area contributed by atoms with Gasteiger partial charge in [0.1, 0.15) is 5.76 Å². The van der Waals surface area contributed by atoms with E-state index in [0.29, 0.717) is 17.1 Å². The standard InChI is InChI=1S/C15H16N2O2/c1-10-8-14(17-19-10)16-15(18)13-7-6-11-4-2-3-5-12(11)9-13/h6-9H,2-5H2,1H3,(H,16,17,18). The molecule has 3 rings (SSSR count). The molecular formula is C15H16N2O2.